The Morgan fingerprint density at radius 2 is 2.05 bits per heavy atom. The fourth-order valence-corrected chi connectivity index (χ4v) is 2.50. The number of carbonyl (C=O) groups excluding carboxylic acids is 1. The normalized spacial score (nSPS) is 17.6. The molecule has 0 saturated heterocycles. The van der Waals surface area contributed by atoms with Gasteiger partial charge in [0, 0.05) is 16.6 Å². The zero-order valence-electron chi connectivity index (χ0n) is 11.5. The molecule has 2 rings (SSSR count). The molecule has 1 aliphatic rings. The molecular weight excluding hydrogens is 332 g/mol. The fraction of sp³-hybridized carbons (Fsp3) is 0.500. The Morgan fingerprint density at radius 3 is 2.65 bits per heavy atom. The number of hydrogen-bond donors (Lipinski definition) is 0. The van der Waals surface area contributed by atoms with Gasteiger partial charge in [-0.3, -0.25) is 4.90 Å². The van der Waals surface area contributed by atoms with Crippen LogP contribution in [-0.4, -0.2) is 23.1 Å². The lowest BCUT2D eigenvalue weighted by Crippen LogP contribution is -2.45. The van der Waals surface area contributed by atoms with Crippen molar-refractivity contribution >= 4 is 22.0 Å². The lowest BCUT2D eigenvalue weighted by Gasteiger charge is -2.35. The summed E-state index contributed by atoms with van der Waals surface area (Å²) < 4.78 is 34.1. The zero-order chi connectivity index (χ0) is 15.1. The monoisotopic (exact) mass is 347 g/mol. The second kappa shape index (κ2) is 4.98. The maximum Gasteiger partial charge on any atom is 0.410 e. The van der Waals surface area contributed by atoms with Gasteiger partial charge in [-0.1, -0.05) is 22.0 Å². The minimum absolute atomic E-state index is 0.0273. The molecule has 3 nitrogen and oxygen atoms in total. The van der Waals surface area contributed by atoms with E-state index in [1.807, 2.05) is 0 Å². The summed E-state index contributed by atoms with van der Waals surface area (Å²) in [6.45, 7) is 4.59. The van der Waals surface area contributed by atoms with E-state index in [1.165, 1.54) is 6.07 Å². The Kier molecular flexibility index (Phi) is 3.79. The molecular formula is C14H16BrF2NO2. The van der Waals surface area contributed by atoms with E-state index in [0.717, 1.165) is 4.90 Å². The fourth-order valence-electron chi connectivity index (χ4n) is 2.09. The van der Waals surface area contributed by atoms with Gasteiger partial charge >= 0.3 is 6.09 Å². The number of nitrogens with zero attached hydrogens (tertiary/aromatic N) is 1. The molecule has 1 aromatic rings. The van der Waals surface area contributed by atoms with Crippen LogP contribution >= 0.6 is 15.9 Å². The summed E-state index contributed by atoms with van der Waals surface area (Å²) in [6, 6.07) is 4.58. The van der Waals surface area contributed by atoms with E-state index in [9.17, 15) is 13.6 Å². The molecule has 1 heterocycles. The van der Waals surface area contributed by atoms with Crippen LogP contribution in [0.5, 0.6) is 0 Å². The number of benzene rings is 1. The minimum atomic E-state index is -3.06. The highest BCUT2D eigenvalue weighted by Gasteiger charge is 2.42. The molecule has 110 valence electrons. The first-order valence-electron chi connectivity index (χ1n) is 6.23. The van der Waals surface area contributed by atoms with Crippen LogP contribution in [0.15, 0.2) is 22.7 Å². The number of ether oxygens (including phenoxy) is 1. The van der Waals surface area contributed by atoms with Crippen molar-refractivity contribution < 1.29 is 18.3 Å². The summed E-state index contributed by atoms with van der Waals surface area (Å²) in [7, 11) is 0. The third-order valence-corrected chi connectivity index (χ3v) is 3.36. The van der Waals surface area contributed by atoms with Gasteiger partial charge in [-0.15, -0.1) is 0 Å². The molecule has 0 aliphatic carbocycles. The van der Waals surface area contributed by atoms with Crippen LogP contribution in [0.3, 0.4) is 0 Å². The van der Waals surface area contributed by atoms with E-state index in [1.54, 1.807) is 32.9 Å². The van der Waals surface area contributed by atoms with Gasteiger partial charge in [-0.25, -0.2) is 4.79 Å². The lowest BCUT2D eigenvalue weighted by atomic mass is 9.97. The van der Waals surface area contributed by atoms with Crippen molar-refractivity contribution in [3.63, 3.8) is 0 Å². The van der Waals surface area contributed by atoms with Crippen LogP contribution in [0.1, 0.15) is 31.9 Å². The van der Waals surface area contributed by atoms with Crippen LogP contribution in [0.25, 0.3) is 0 Å². The summed E-state index contributed by atoms with van der Waals surface area (Å²) in [5.74, 6) is -3.06. The van der Waals surface area contributed by atoms with E-state index < -0.39 is 24.2 Å². The number of hydrogen-bond acceptors (Lipinski definition) is 2. The number of alkyl halides is 2. The predicted octanol–water partition coefficient (Wildman–Crippen LogP) is 4.29. The largest absolute Gasteiger partial charge is 0.444 e. The molecule has 0 bridgehead atoms. The van der Waals surface area contributed by atoms with Crippen molar-refractivity contribution in [3.05, 3.63) is 33.8 Å². The summed E-state index contributed by atoms with van der Waals surface area (Å²) in [5, 5.41) is 0. The quantitative estimate of drug-likeness (QED) is 0.700. The van der Waals surface area contributed by atoms with E-state index in [-0.39, 0.29) is 12.1 Å². The second-order valence-corrected chi connectivity index (χ2v) is 6.76. The second-order valence-electron chi connectivity index (χ2n) is 5.84. The molecule has 0 aromatic heterocycles. The Labute approximate surface area is 125 Å². The first kappa shape index (κ1) is 15.2. The molecule has 0 fully saturated rings. The third-order valence-electron chi connectivity index (χ3n) is 2.86. The van der Waals surface area contributed by atoms with E-state index in [0.29, 0.717) is 10.0 Å². The highest BCUT2D eigenvalue weighted by molar-refractivity contribution is 9.10. The van der Waals surface area contributed by atoms with Gasteiger partial charge in [-0.05, 0) is 38.5 Å². The lowest BCUT2D eigenvalue weighted by molar-refractivity contribution is -0.0591. The van der Waals surface area contributed by atoms with Gasteiger partial charge < -0.3 is 4.74 Å². The molecule has 6 heteroatoms. The molecule has 0 radical (unpaired) electrons. The zero-order valence-corrected chi connectivity index (χ0v) is 13.1. The predicted molar refractivity (Wildman–Crippen MR) is 74.7 cm³/mol. The average Bonchev–Trinajstić information content (AvgIpc) is 2.24. The van der Waals surface area contributed by atoms with Crippen LogP contribution in [-0.2, 0) is 17.2 Å². The summed E-state index contributed by atoms with van der Waals surface area (Å²) >= 11 is 3.25. The minimum Gasteiger partial charge on any atom is -0.444 e. The van der Waals surface area contributed by atoms with E-state index >= 15 is 0 Å². The highest BCUT2D eigenvalue weighted by Crippen LogP contribution is 2.38. The van der Waals surface area contributed by atoms with Crippen LogP contribution in [0.4, 0.5) is 13.6 Å². The van der Waals surface area contributed by atoms with Gasteiger partial charge in [0.2, 0.25) is 0 Å². The average molecular weight is 348 g/mol. The van der Waals surface area contributed by atoms with E-state index in [2.05, 4.69) is 15.9 Å². The van der Waals surface area contributed by atoms with Gasteiger partial charge in [-0.2, -0.15) is 8.78 Å². The van der Waals surface area contributed by atoms with Gasteiger partial charge in [0.05, 0.1) is 6.54 Å². The maximum atomic E-state index is 14.1. The summed E-state index contributed by atoms with van der Waals surface area (Å²) in [6.07, 6.45) is -0.720. The van der Waals surface area contributed by atoms with Crippen molar-refractivity contribution in [2.75, 3.05) is 6.54 Å². The number of carbonyl (C=O) groups is 1. The molecule has 0 atom stereocenters. The number of rotatable bonds is 0. The van der Waals surface area contributed by atoms with Crippen LogP contribution < -0.4 is 0 Å². The van der Waals surface area contributed by atoms with Crippen molar-refractivity contribution in [1.29, 1.82) is 0 Å². The molecule has 1 aromatic carbocycles. The number of fused-ring (bicyclic) bond motifs is 1. The number of amides is 1. The molecule has 0 unspecified atom stereocenters. The van der Waals surface area contributed by atoms with Crippen LogP contribution in [0.2, 0.25) is 0 Å². The SMILES string of the molecule is CC(C)(C)OC(=O)N1Cc2cc(Br)ccc2C(F)(F)C1. The third kappa shape index (κ3) is 3.29. The molecule has 1 aliphatic heterocycles. The van der Waals surface area contributed by atoms with Gasteiger partial charge in [0.25, 0.3) is 5.92 Å². The first-order chi connectivity index (χ1) is 9.08. The molecule has 0 N–H and O–H groups in total. The standard InChI is InChI=1S/C14H16BrF2NO2/c1-13(2,3)20-12(19)18-7-9-6-10(15)4-5-11(9)14(16,17)8-18/h4-6H,7-8H2,1-3H3. The Bertz CT molecular complexity index is 540. The molecule has 1 amide bonds. The van der Waals surface area contributed by atoms with Crippen molar-refractivity contribution in [2.24, 2.45) is 0 Å². The molecule has 0 spiro atoms. The summed E-state index contributed by atoms with van der Waals surface area (Å²) in [5.41, 5.74) is -0.300. The van der Waals surface area contributed by atoms with Crippen LogP contribution in [0, 0.1) is 0 Å². The molecule has 0 saturated carbocycles. The van der Waals surface area contributed by atoms with Gasteiger partial charge in [0.1, 0.15) is 5.60 Å². The Balaban J connectivity index is 2.28. The first-order valence-corrected chi connectivity index (χ1v) is 7.02. The summed E-state index contributed by atoms with van der Waals surface area (Å²) in [4.78, 5) is 13.0. The number of halogens is 3. The van der Waals surface area contributed by atoms with Crippen molar-refractivity contribution in [3.8, 4) is 0 Å². The maximum absolute atomic E-state index is 14.1. The Hall–Kier alpha value is -1.17. The van der Waals surface area contributed by atoms with Gasteiger partial charge in [0.15, 0.2) is 0 Å². The van der Waals surface area contributed by atoms with Crippen molar-refractivity contribution in [2.45, 2.75) is 38.8 Å². The smallest absolute Gasteiger partial charge is 0.410 e. The highest BCUT2D eigenvalue weighted by atomic mass is 79.9. The van der Waals surface area contributed by atoms with E-state index in [4.69, 9.17) is 4.74 Å². The topological polar surface area (TPSA) is 29.5 Å². The molecule has 20 heavy (non-hydrogen) atoms. The Morgan fingerprint density at radius 1 is 1.40 bits per heavy atom. The van der Waals surface area contributed by atoms with Crippen molar-refractivity contribution in [1.82, 2.24) is 4.90 Å².